The molecule has 3 nitrogen and oxygen atoms in total. The molecule has 210 valence electrons. The van der Waals surface area contributed by atoms with Gasteiger partial charge in [-0.15, -0.1) is 0 Å². The van der Waals surface area contributed by atoms with E-state index in [9.17, 15) is 0 Å². The lowest BCUT2D eigenvalue weighted by molar-refractivity contribution is 0.666. The normalized spacial score (nSPS) is 11.3. The van der Waals surface area contributed by atoms with Crippen LogP contribution in [0.5, 0.6) is 0 Å². The second-order valence-electron chi connectivity index (χ2n) is 10.2. The van der Waals surface area contributed by atoms with E-state index in [1.807, 2.05) is 27.7 Å². The summed E-state index contributed by atoms with van der Waals surface area (Å²) in [5.74, 6) is 0. The molecule has 6 aromatic carbocycles. The fourth-order valence-corrected chi connectivity index (χ4v) is 6.47. The molecular weight excluding hydrogens is 524 g/mol. The first kappa shape index (κ1) is 26.6. The van der Waals surface area contributed by atoms with Crippen molar-refractivity contribution in [3.8, 4) is 11.4 Å². The van der Waals surface area contributed by atoms with Crippen molar-refractivity contribution in [2.75, 3.05) is 0 Å². The minimum atomic E-state index is 0.891. The van der Waals surface area contributed by atoms with Gasteiger partial charge in [0.2, 0.25) is 0 Å². The average molecular weight is 559 g/mol. The molecule has 0 aliphatic heterocycles. The number of furan rings is 1. The highest BCUT2D eigenvalue weighted by molar-refractivity contribution is 6.13. The fourth-order valence-electron chi connectivity index (χ4n) is 6.47. The molecule has 0 N–H and O–H groups in total. The van der Waals surface area contributed by atoms with E-state index in [1.54, 1.807) is 0 Å². The quantitative estimate of drug-likeness (QED) is 0.207. The van der Waals surface area contributed by atoms with Gasteiger partial charge in [-0.25, -0.2) is 0 Å². The third-order valence-corrected chi connectivity index (χ3v) is 8.12. The summed E-state index contributed by atoms with van der Waals surface area (Å²) in [7, 11) is 0. The molecule has 43 heavy (non-hydrogen) atoms. The Bertz CT molecular complexity index is 2290. The van der Waals surface area contributed by atoms with Gasteiger partial charge in [0.05, 0.1) is 27.8 Å². The SMILES string of the molecule is CC.CC.c1cc(-n2c3ccccc3c3ccccc32)c2oc3ccc(-n4c5ccccc5c5ccccc54)cc3c2c1. The van der Waals surface area contributed by atoms with E-state index in [0.29, 0.717) is 0 Å². The van der Waals surface area contributed by atoms with Crippen LogP contribution in [0.3, 0.4) is 0 Å². The van der Waals surface area contributed by atoms with E-state index in [1.165, 1.54) is 43.6 Å². The molecule has 9 aromatic rings. The number of hydrogen-bond acceptors (Lipinski definition) is 1. The van der Waals surface area contributed by atoms with Crippen molar-refractivity contribution in [3.63, 3.8) is 0 Å². The van der Waals surface area contributed by atoms with Crippen LogP contribution in [0.25, 0.3) is 76.9 Å². The van der Waals surface area contributed by atoms with Crippen LogP contribution in [0.15, 0.2) is 138 Å². The number of aromatic nitrogens is 2. The van der Waals surface area contributed by atoms with Crippen molar-refractivity contribution in [1.29, 1.82) is 0 Å². The third-order valence-electron chi connectivity index (χ3n) is 8.12. The summed E-state index contributed by atoms with van der Waals surface area (Å²) < 4.78 is 11.3. The number of nitrogens with zero attached hydrogens (tertiary/aromatic N) is 2. The van der Waals surface area contributed by atoms with Gasteiger partial charge in [-0.1, -0.05) is 113 Å². The van der Waals surface area contributed by atoms with E-state index >= 15 is 0 Å². The molecule has 0 bridgehead atoms. The maximum absolute atomic E-state index is 6.62. The van der Waals surface area contributed by atoms with Gasteiger partial charge in [0.15, 0.2) is 5.58 Å². The van der Waals surface area contributed by atoms with Gasteiger partial charge in [-0.05, 0) is 48.5 Å². The molecule has 3 heterocycles. The topological polar surface area (TPSA) is 23.0 Å². The molecule has 9 rings (SSSR count). The Balaban J connectivity index is 0.000000723. The van der Waals surface area contributed by atoms with Crippen LogP contribution in [-0.4, -0.2) is 9.13 Å². The van der Waals surface area contributed by atoms with Gasteiger partial charge in [0, 0.05) is 38.0 Å². The largest absolute Gasteiger partial charge is 0.454 e. The van der Waals surface area contributed by atoms with Crippen LogP contribution in [0.1, 0.15) is 27.7 Å². The number of para-hydroxylation sites is 5. The number of rotatable bonds is 2. The molecule has 0 atom stereocenters. The lowest BCUT2D eigenvalue weighted by Crippen LogP contribution is -1.94. The lowest BCUT2D eigenvalue weighted by Gasteiger charge is -2.08. The maximum Gasteiger partial charge on any atom is 0.159 e. The van der Waals surface area contributed by atoms with Crippen LogP contribution in [0, 0.1) is 0 Å². The fraction of sp³-hybridized carbons (Fsp3) is 0.100. The van der Waals surface area contributed by atoms with Crippen LogP contribution in [0.4, 0.5) is 0 Å². The first-order valence-corrected chi connectivity index (χ1v) is 15.3. The zero-order valence-corrected chi connectivity index (χ0v) is 25.0. The number of hydrogen-bond donors (Lipinski definition) is 0. The van der Waals surface area contributed by atoms with Gasteiger partial charge in [0.1, 0.15) is 5.58 Å². The molecule has 0 radical (unpaired) electrons. The Morgan fingerprint density at radius 2 is 0.837 bits per heavy atom. The minimum Gasteiger partial charge on any atom is -0.454 e. The average Bonchev–Trinajstić information content (AvgIpc) is 3.74. The molecule has 0 spiro atoms. The van der Waals surface area contributed by atoms with Gasteiger partial charge < -0.3 is 13.6 Å². The van der Waals surface area contributed by atoms with Crippen LogP contribution >= 0.6 is 0 Å². The van der Waals surface area contributed by atoms with Crippen molar-refractivity contribution in [2.24, 2.45) is 0 Å². The van der Waals surface area contributed by atoms with Crippen molar-refractivity contribution >= 4 is 65.6 Å². The summed E-state index contributed by atoms with van der Waals surface area (Å²) in [4.78, 5) is 0. The maximum atomic E-state index is 6.62. The molecule has 0 saturated carbocycles. The molecule has 0 aliphatic carbocycles. The molecule has 0 aliphatic rings. The van der Waals surface area contributed by atoms with Gasteiger partial charge in [-0.3, -0.25) is 0 Å². The van der Waals surface area contributed by atoms with E-state index in [4.69, 9.17) is 4.42 Å². The van der Waals surface area contributed by atoms with E-state index in [0.717, 1.165) is 33.3 Å². The van der Waals surface area contributed by atoms with Gasteiger partial charge in [-0.2, -0.15) is 0 Å². The second-order valence-corrected chi connectivity index (χ2v) is 10.2. The van der Waals surface area contributed by atoms with Gasteiger partial charge in [0.25, 0.3) is 0 Å². The first-order chi connectivity index (χ1) is 21.4. The Morgan fingerprint density at radius 1 is 0.395 bits per heavy atom. The molecule has 3 aromatic heterocycles. The highest BCUT2D eigenvalue weighted by Crippen LogP contribution is 2.39. The van der Waals surface area contributed by atoms with E-state index in [-0.39, 0.29) is 0 Å². The summed E-state index contributed by atoms with van der Waals surface area (Å²) in [6.45, 7) is 8.00. The molecule has 0 unspecified atom stereocenters. The molecular formula is C40H34N2O. The second kappa shape index (κ2) is 10.8. The smallest absolute Gasteiger partial charge is 0.159 e. The summed E-state index contributed by atoms with van der Waals surface area (Å²) in [6.07, 6.45) is 0. The van der Waals surface area contributed by atoms with Crippen LogP contribution in [0.2, 0.25) is 0 Å². The van der Waals surface area contributed by atoms with E-state index < -0.39 is 0 Å². The Kier molecular flexibility index (Phi) is 6.71. The van der Waals surface area contributed by atoms with Gasteiger partial charge >= 0.3 is 0 Å². The summed E-state index contributed by atoms with van der Waals surface area (Å²) in [5.41, 5.74) is 8.74. The van der Waals surface area contributed by atoms with Crippen LogP contribution < -0.4 is 0 Å². The molecule has 0 amide bonds. The van der Waals surface area contributed by atoms with Crippen molar-refractivity contribution in [1.82, 2.24) is 9.13 Å². The van der Waals surface area contributed by atoms with E-state index in [2.05, 4.69) is 143 Å². The zero-order valence-electron chi connectivity index (χ0n) is 25.0. The molecule has 0 saturated heterocycles. The number of benzene rings is 6. The van der Waals surface area contributed by atoms with Crippen molar-refractivity contribution in [3.05, 3.63) is 133 Å². The Labute approximate surface area is 251 Å². The summed E-state index contributed by atoms with van der Waals surface area (Å²) >= 11 is 0. The summed E-state index contributed by atoms with van der Waals surface area (Å²) in [5, 5.41) is 7.25. The van der Waals surface area contributed by atoms with Crippen molar-refractivity contribution in [2.45, 2.75) is 27.7 Å². The minimum absolute atomic E-state index is 0.891. The van der Waals surface area contributed by atoms with Crippen LogP contribution in [-0.2, 0) is 0 Å². The lowest BCUT2D eigenvalue weighted by atomic mass is 10.1. The molecule has 3 heteroatoms. The third kappa shape index (κ3) is 3.96. The summed E-state index contributed by atoms with van der Waals surface area (Å²) in [6, 6.07) is 47.5. The predicted octanol–water partition coefficient (Wildman–Crippen LogP) is 11.8. The highest BCUT2D eigenvalue weighted by Gasteiger charge is 2.18. The standard InChI is InChI=1S/C36H22N2O.2C2H6/c1-5-15-30-24(10-1)25-11-2-6-16-31(25)37(30)23-20-21-35-29(22-23)28-14-9-19-34(36(28)39-35)38-32-17-7-3-12-26(32)27-13-4-8-18-33(27)38;2*1-2/h1-22H;2*1-2H3. The highest BCUT2D eigenvalue weighted by atomic mass is 16.3. The zero-order chi connectivity index (χ0) is 29.5. The Hall–Kier alpha value is -5.28. The predicted molar refractivity (Wildman–Crippen MR) is 185 cm³/mol. The van der Waals surface area contributed by atoms with Crippen molar-refractivity contribution < 1.29 is 4.42 Å². The monoisotopic (exact) mass is 558 g/mol. The Morgan fingerprint density at radius 3 is 1.35 bits per heavy atom. The number of fused-ring (bicyclic) bond motifs is 9. The first-order valence-electron chi connectivity index (χ1n) is 15.3. The molecule has 0 fully saturated rings.